The van der Waals surface area contributed by atoms with Crippen LogP contribution in [0, 0.1) is 35.0 Å². The third-order valence-corrected chi connectivity index (χ3v) is 7.63. The van der Waals surface area contributed by atoms with E-state index >= 15 is 0 Å². The molecule has 3 aliphatic carbocycles. The minimum Gasteiger partial charge on any atom is -0.378 e. The minimum absolute atomic E-state index is 0.462. The highest BCUT2D eigenvalue weighted by Crippen LogP contribution is 2.59. The Labute approximate surface area is 150 Å². The number of aliphatic hydroxyl groups is 1. The molecule has 0 heterocycles. The number of hydrogen-bond donors (Lipinski definition) is 1. The Hall–Kier alpha value is -0.260. The fourth-order valence-electron chi connectivity index (χ4n) is 5.75. The van der Waals surface area contributed by atoms with Gasteiger partial charge in [-0.25, -0.2) is 0 Å². The number of rotatable bonds is 2. The van der Waals surface area contributed by atoms with Crippen LogP contribution in [0.1, 0.15) is 78.1 Å². The molecule has 2 heteroatoms. The predicted molar refractivity (Wildman–Crippen MR) is 100 cm³/mol. The third kappa shape index (κ3) is 3.42. The summed E-state index contributed by atoms with van der Waals surface area (Å²) in [5.74, 6) is 8.75. The first-order chi connectivity index (χ1) is 11.0. The zero-order valence-corrected chi connectivity index (χ0v) is 16.3. The Balaban J connectivity index is 1.66. The molecule has 23 heavy (non-hydrogen) atoms. The van der Waals surface area contributed by atoms with Gasteiger partial charge in [-0.3, -0.25) is 0 Å². The Kier molecular flexibility index (Phi) is 5.29. The number of fused-ring (bicyclic) bond motifs is 1. The maximum Gasteiger partial charge on any atom is 0.125 e. The lowest BCUT2D eigenvalue weighted by Crippen LogP contribution is -2.35. The average Bonchev–Trinajstić information content (AvgIpc) is 3.10. The van der Waals surface area contributed by atoms with Crippen LogP contribution in [0.5, 0.6) is 0 Å². The van der Waals surface area contributed by atoms with Gasteiger partial charge in [0.1, 0.15) is 5.60 Å². The van der Waals surface area contributed by atoms with E-state index in [-0.39, 0.29) is 0 Å². The summed E-state index contributed by atoms with van der Waals surface area (Å²) >= 11 is 3.60. The third-order valence-electron chi connectivity index (χ3n) is 7.04. The average molecular weight is 379 g/mol. The zero-order valence-electron chi connectivity index (χ0n) is 14.7. The molecule has 0 spiro atoms. The number of allylic oxidation sites excluding steroid dienone is 1. The molecule has 0 bridgehead atoms. The number of halogens is 1. The van der Waals surface area contributed by atoms with Crippen LogP contribution in [0.4, 0.5) is 0 Å². The molecule has 1 nitrogen and oxygen atoms in total. The highest BCUT2D eigenvalue weighted by Gasteiger charge is 2.50. The quantitative estimate of drug-likeness (QED) is 0.600. The molecule has 0 aromatic carbocycles. The summed E-state index contributed by atoms with van der Waals surface area (Å²) in [5, 5.41) is 10.4. The summed E-state index contributed by atoms with van der Waals surface area (Å²) in [4.78, 5) is 2.21. The molecule has 1 N–H and O–H groups in total. The summed E-state index contributed by atoms with van der Waals surface area (Å²) in [6.45, 7) is 4.91. The van der Waals surface area contributed by atoms with Gasteiger partial charge in [0, 0.05) is 6.42 Å². The Bertz CT molecular complexity index is 520. The van der Waals surface area contributed by atoms with Crippen molar-refractivity contribution >= 4 is 15.9 Å². The van der Waals surface area contributed by atoms with E-state index in [2.05, 4.69) is 46.6 Å². The lowest BCUT2D eigenvalue weighted by Gasteiger charge is -2.44. The van der Waals surface area contributed by atoms with Gasteiger partial charge >= 0.3 is 0 Å². The largest absolute Gasteiger partial charge is 0.378 e. The first kappa shape index (κ1) is 17.6. The molecule has 4 atom stereocenters. The van der Waals surface area contributed by atoms with E-state index in [0.717, 1.165) is 43.9 Å². The topological polar surface area (TPSA) is 20.2 Å². The Morgan fingerprint density at radius 2 is 2.00 bits per heavy atom. The van der Waals surface area contributed by atoms with Gasteiger partial charge in [0.25, 0.3) is 0 Å². The summed E-state index contributed by atoms with van der Waals surface area (Å²) < 4.78 is 0. The summed E-state index contributed by atoms with van der Waals surface area (Å²) in [6, 6.07) is 0. The Morgan fingerprint density at radius 3 is 2.70 bits per heavy atom. The van der Waals surface area contributed by atoms with Gasteiger partial charge in [0.15, 0.2) is 0 Å². The van der Waals surface area contributed by atoms with E-state index in [1.54, 1.807) is 5.57 Å². The molecule has 0 aromatic rings. The van der Waals surface area contributed by atoms with Crippen LogP contribution in [0.25, 0.3) is 0 Å². The van der Waals surface area contributed by atoms with Crippen LogP contribution < -0.4 is 0 Å². The fourth-order valence-corrected chi connectivity index (χ4v) is 6.30. The van der Waals surface area contributed by atoms with E-state index in [1.165, 1.54) is 32.1 Å². The molecular formula is C21H31BrO. The first-order valence-corrected chi connectivity index (χ1v) is 10.4. The number of hydrogen-bond acceptors (Lipinski definition) is 1. The molecule has 0 aliphatic heterocycles. The van der Waals surface area contributed by atoms with Crippen molar-refractivity contribution in [3.63, 3.8) is 0 Å². The fraction of sp³-hybridized carbons (Fsp3) is 0.810. The zero-order chi connectivity index (χ0) is 16.5. The molecule has 0 radical (unpaired) electrons. The summed E-state index contributed by atoms with van der Waals surface area (Å²) in [5.41, 5.74) is 1.43. The molecule has 3 rings (SSSR count). The molecule has 3 fully saturated rings. The van der Waals surface area contributed by atoms with Crippen molar-refractivity contribution in [3.05, 3.63) is 10.6 Å². The monoisotopic (exact) mass is 378 g/mol. The maximum absolute atomic E-state index is 10.4. The smallest absolute Gasteiger partial charge is 0.125 e. The molecular weight excluding hydrogens is 348 g/mol. The Morgan fingerprint density at radius 1 is 1.26 bits per heavy atom. The lowest BCUT2D eigenvalue weighted by atomic mass is 9.61. The van der Waals surface area contributed by atoms with E-state index in [4.69, 9.17) is 0 Å². The second-order valence-electron chi connectivity index (χ2n) is 8.50. The molecule has 0 aromatic heterocycles. The van der Waals surface area contributed by atoms with E-state index in [1.807, 2.05) is 0 Å². The van der Waals surface area contributed by atoms with E-state index < -0.39 is 5.60 Å². The van der Waals surface area contributed by atoms with Crippen molar-refractivity contribution in [3.8, 4) is 11.8 Å². The van der Waals surface area contributed by atoms with Gasteiger partial charge in [0.2, 0.25) is 0 Å². The van der Waals surface area contributed by atoms with Gasteiger partial charge < -0.3 is 5.11 Å². The first-order valence-electron chi connectivity index (χ1n) is 9.50. The van der Waals surface area contributed by atoms with Crippen LogP contribution in [0.2, 0.25) is 0 Å². The summed E-state index contributed by atoms with van der Waals surface area (Å²) in [7, 11) is 0. The molecule has 128 valence electrons. The van der Waals surface area contributed by atoms with Crippen molar-refractivity contribution in [2.75, 3.05) is 0 Å². The van der Waals surface area contributed by atoms with Gasteiger partial charge in [-0.1, -0.05) is 47.2 Å². The van der Waals surface area contributed by atoms with Gasteiger partial charge in [-0.05, 0) is 85.9 Å². The normalized spacial score (nSPS) is 38.9. The molecule has 0 saturated heterocycles. The van der Waals surface area contributed by atoms with Crippen molar-refractivity contribution in [1.82, 2.24) is 0 Å². The van der Waals surface area contributed by atoms with Crippen molar-refractivity contribution in [1.29, 1.82) is 0 Å². The lowest BCUT2D eigenvalue weighted by molar-refractivity contribution is 0.0987. The second kappa shape index (κ2) is 6.93. The van der Waals surface area contributed by atoms with Gasteiger partial charge in [-0.15, -0.1) is 0 Å². The standard InChI is InChI=1S/C21H31BrO/c1-16(7-5-14-21(23)12-3-4-13-21)18-9-10-19-17(15-22)8-6-11-20(18,19)2/h15-16,18-19,23H,3-4,6-13H2,1-2H3/b17-15+/t16-,18-,19+,20-/m1/s1. The van der Waals surface area contributed by atoms with Crippen molar-refractivity contribution in [2.24, 2.45) is 23.2 Å². The molecule has 0 amide bonds. The maximum atomic E-state index is 10.4. The van der Waals surface area contributed by atoms with Crippen LogP contribution in [0.3, 0.4) is 0 Å². The van der Waals surface area contributed by atoms with Crippen LogP contribution in [0.15, 0.2) is 10.6 Å². The van der Waals surface area contributed by atoms with Gasteiger partial charge in [0.05, 0.1) is 0 Å². The van der Waals surface area contributed by atoms with Gasteiger partial charge in [-0.2, -0.15) is 0 Å². The highest BCUT2D eigenvalue weighted by atomic mass is 79.9. The molecule has 0 unspecified atom stereocenters. The predicted octanol–water partition coefficient (Wildman–Crippen LogP) is 5.82. The highest BCUT2D eigenvalue weighted by molar-refractivity contribution is 9.11. The van der Waals surface area contributed by atoms with Crippen LogP contribution >= 0.6 is 15.9 Å². The molecule has 3 saturated carbocycles. The second-order valence-corrected chi connectivity index (χ2v) is 8.96. The minimum atomic E-state index is -0.668. The van der Waals surface area contributed by atoms with E-state index in [0.29, 0.717) is 11.3 Å². The van der Waals surface area contributed by atoms with Crippen molar-refractivity contribution in [2.45, 2.75) is 83.7 Å². The van der Waals surface area contributed by atoms with E-state index in [9.17, 15) is 5.11 Å². The van der Waals surface area contributed by atoms with Crippen LogP contribution in [-0.4, -0.2) is 10.7 Å². The SMILES string of the molecule is C[C@H](CC#CC1(O)CCCC1)[C@H]1CC[C@H]2/C(=C/Br)CCC[C@]12C. The van der Waals surface area contributed by atoms with Crippen molar-refractivity contribution < 1.29 is 5.11 Å². The molecule has 3 aliphatic rings. The summed E-state index contributed by atoms with van der Waals surface area (Å²) in [6.07, 6.45) is 11.6. The van der Waals surface area contributed by atoms with Crippen LogP contribution in [-0.2, 0) is 0 Å².